The Morgan fingerprint density at radius 2 is 1.93 bits per heavy atom. The van der Waals surface area contributed by atoms with Crippen molar-refractivity contribution < 1.29 is 4.79 Å². The summed E-state index contributed by atoms with van der Waals surface area (Å²) in [6, 6.07) is 9.97. The Bertz CT molecular complexity index is 308. The maximum Gasteiger partial charge on any atom is 0.227 e. The third-order valence-electron chi connectivity index (χ3n) is 2.90. The lowest BCUT2D eigenvalue weighted by molar-refractivity contribution is -0.123. The van der Waals surface area contributed by atoms with E-state index in [4.69, 9.17) is 0 Å². The minimum Gasteiger partial charge on any atom is -0.359 e. The van der Waals surface area contributed by atoms with Gasteiger partial charge < -0.3 is 5.32 Å². The first-order valence-corrected chi connectivity index (χ1v) is 5.47. The van der Waals surface area contributed by atoms with Gasteiger partial charge in [0, 0.05) is 7.05 Å². The van der Waals surface area contributed by atoms with Gasteiger partial charge in [-0.2, -0.15) is 0 Å². The molecule has 2 atom stereocenters. The Hall–Kier alpha value is -1.31. The van der Waals surface area contributed by atoms with Crippen molar-refractivity contribution in [2.45, 2.75) is 26.2 Å². The van der Waals surface area contributed by atoms with Crippen LogP contribution in [0.15, 0.2) is 30.3 Å². The standard InChI is InChI=1S/C13H19NO/c1-4-10(2)12(13(15)14-3)11-8-6-5-7-9-11/h5-10,12H,4H2,1-3H3,(H,14,15). The van der Waals surface area contributed by atoms with E-state index in [0.29, 0.717) is 5.92 Å². The summed E-state index contributed by atoms with van der Waals surface area (Å²) in [6.45, 7) is 4.23. The maximum atomic E-state index is 11.8. The summed E-state index contributed by atoms with van der Waals surface area (Å²) in [5.41, 5.74) is 1.10. The van der Waals surface area contributed by atoms with Gasteiger partial charge in [-0.05, 0) is 11.5 Å². The van der Waals surface area contributed by atoms with Gasteiger partial charge in [-0.25, -0.2) is 0 Å². The van der Waals surface area contributed by atoms with E-state index < -0.39 is 0 Å². The molecular formula is C13H19NO. The molecule has 0 saturated heterocycles. The number of hydrogen-bond acceptors (Lipinski definition) is 1. The first-order valence-electron chi connectivity index (χ1n) is 5.47. The van der Waals surface area contributed by atoms with Gasteiger partial charge >= 0.3 is 0 Å². The fourth-order valence-electron chi connectivity index (χ4n) is 1.79. The smallest absolute Gasteiger partial charge is 0.227 e. The first-order chi connectivity index (χ1) is 7.20. The molecule has 0 spiro atoms. The molecule has 1 rings (SSSR count). The Kier molecular flexibility index (Phi) is 4.35. The molecule has 0 aliphatic rings. The molecule has 82 valence electrons. The average molecular weight is 205 g/mol. The highest BCUT2D eigenvalue weighted by Crippen LogP contribution is 2.26. The van der Waals surface area contributed by atoms with Gasteiger partial charge in [0.15, 0.2) is 0 Å². The Labute approximate surface area is 91.7 Å². The summed E-state index contributed by atoms with van der Waals surface area (Å²) in [5.74, 6) is 0.448. The van der Waals surface area contributed by atoms with Crippen molar-refractivity contribution in [3.05, 3.63) is 35.9 Å². The van der Waals surface area contributed by atoms with E-state index in [2.05, 4.69) is 19.2 Å². The van der Waals surface area contributed by atoms with Crippen LogP contribution in [0.5, 0.6) is 0 Å². The highest BCUT2D eigenvalue weighted by atomic mass is 16.1. The molecule has 2 heteroatoms. The Morgan fingerprint density at radius 1 is 1.33 bits per heavy atom. The summed E-state index contributed by atoms with van der Waals surface area (Å²) in [7, 11) is 1.70. The lowest BCUT2D eigenvalue weighted by atomic mass is 9.85. The molecule has 1 aromatic carbocycles. The van der Waals surface area contributed by atoms with Gasteiger partial charge in [0.25, 0.3) is 0 Å². The molecule has 0 saturated carbocycles. The minimum atomic E-state index is -0.0267. The van der Waals surface area contributed by atoms with E-state index in [1.807, 2.05) is 30.3 Å². The second-order valence-electron chi connectivity index (χ2n) is 3.89. The number of nitrogens with one attached hydrogen (secondary N) is 1. The van der Waals surface area contributed by atoms with Crippen molar-refractivity contribution in [1.29, 1.82) is 0 Å². The van der Waals surface area contributed by atoms with Gasteiger partial charge in [0.1, 0.15) is 0 Å². The zero-order valence-corrected chi connectivity index (χ0v) is 9.66. The molecule has 1 aromatic rings. The van der Waals surface area contributed by atoms with Crippen LogP contribution in [-0.2, 0) is 4.79 Å². The summed E-state index contributed by atoms with van der Waals surface area (Å²) in [5, 5.41) is 2.74. The van der Waals surface area contributed by atoms with Crippen molar-refractivity contribution in [1.82, 2.24) is 5.32 Å². The van der Waals surface area contributed by atoms with Crippen LogP contribution in [0, 0.1) is 5.92 Å². The summed E-state index contributed by atoms with van der Waals surface area (Å²) in [6.07, 6.45) is 1.01. The number of amides is 1. The molecule has 0 bridgehead atoms. The largest absolute Gasteiger partial charge is 0.359 e. The van der Waals surface area contributed by atoms with Crippen LogP contribution in [0.25, 0.3) is 0 Å². The first kappa shape index (κ1) is 11.8. The second kappa shape index (κ2) is 5.54. The number of likely N-dealkylation sites (N-methyl/N-ethyl adjacent to an activating group) is 1. The fraction of sp³-hybridized carbons (Fsp3) is 0.462. The molecule has 0 aliphatic carbocycles. The molecule has 0 fully saturated rings. The third-order valence-corrected chi connectivity index (χ3v) is 2.90. The zero-order valence-electron chi connectivity index (χ0n) is 9.66. The van der Waals surface area contributed by atoms with E-state index in [-0.39, 0.29) is 11.8 Å². The van der Waals surface area contributed by atoms with Crippen LogP contribution in [0.2, 0.25) is 0 Å². The van der Waals surface area contributed by atoms with Crippen LogP contribution in [0.4, 0.5) is 0 Å². The van der Waals surface area contributed by atoms with Crippen LogP contribution in [-0.4, -0.2) is 13.0 Å². The molecule has 0 heterocycles. The van der Waals surface area contributed by atoms with E-state index >= 15 is 0 Å². The number of hydrogen-bond donors (Lipinski definition) is 1. The van der Waals surface area contributed by atoms with Gasteiger partial charge in [-0.3, -0.25) is 4.79 Å². The van der Waals surface area contributed by atoms with E-state index in [0.717, 1.165) is 12.0 Å². The normalized spacial score (nSPS) is 14.3. The van der Waals surface area contributed by atoms with Gasteiger partial charge in [0.2, 0.25) is 5.91 Å². The predicted octanol–water partition coefficient (Wildman–Crippen LogP) is 2.56. The minimum absolute atomic E-state index is 0.0267. The lowest BCUT2D eigenvalue weighted by Crippen LogP contribution is -2.29. The topological polar surface area (TPSA) is 29.1 Å². The monoisotopic (exact) mass is 205 g/mol. The van der Waals surface area contributed by atoms with Crippen molar-refractivity contribution in [3.8, 4) is 0 Å². The number of rotatable bonds is 4. The SMILES string of the molecule is CCC(C)C(C(=O)NC)c1ccccc1. The molecular weight excluding hydrogens is 186 g/mol. The van der Waals surface area contributed by atoms with Crippen LogP contribution >= 0.6 is 0 Å². The van der Waals surface area contributed by atoms with Crippen molar-refractivity contribution in [2.75, 3.05) is 7.05 Å². The summed E-state index contributed by atoms with van der Waals surface area (Å²) >= 11 is 0. The predicted molar refractivity (Wildman–Crippen MR) is 62.7 cm³/mol. The number of carbonyl (C=O) groups excluding carboxylic acids is 1. The average Bonchev–Trinajstić information content (AvgIpc) is 2.30. The molecule has 1 N–H and O–H groups in total. The number of benzene rings is 1. The fourth-order valence-corrected chi connectivity index (χ4v) is 1.79. The van der Waals surface area contributed by atoms with Gasteiger partial charge in [-0.15, -0.1) is 0 Å². The van der Waals surface area contributed by atoms with E-state index in [1.54, 1.807) is 7.05 Å². The van der Waals surface area contributed by atoms with E-state index in [9.17, 15) is 4.79 Å². The van der Waals surface area contributed by atoms with E-state index in [1.165, 1.54) is 0 Å². The van der Waals surface area contributed by atoms with Gasteiger partial charge in [0.05, 0.1) is 5.92 Å². The molecule has 2 unspecified atom stereocenters. The third kappa shape index (κ3) is 2.82. The Morgan fingerprint density at radius 3 is 2.40 bits per heavy atom. The van der Waals surface area contributed by atoms with Crippen molar-refractivity contribution in [3.63, 3.8) is 0 Å². The molecule has 2 nitrogen and oxygen atoms in total. The molecule has 0 aliphatic heterocycles. The zero-order chi connectivity index (χ0) is 11.3. The van der Waals surface area contributed by atoms with Crippen LogP contribution < -0.4 is 5.32 Å². The number of carbonyl (C=O) groups is 1. The van der Waals surface area contributed by atoms with Crippen LogP contribution in [0.1, 0.15) is 31.7 Å². The molecule has 0 aromatic heterocycles. The molecule has 1 amide bonds. The van der Waals surface area contributed by atoms with Crippen molar-refractivity contribution >= 4 is 5.91 Å². The van der Waals surface area contributed by atoms with Gasteiger partial charge in [-0.1, -0.05) is 50.6 Å². The Balaban J connectivity index is 2.96. The molecule has 15 heavy (non-hydrogen) atoms. The second-order valence-corrected chi connectivity index (χ2v) is 3.89. The molecule has 0 radical (unpaired) electrons. The summed E-state index contributed by atoms with van der Waals surface area (Å²) < 4.78 is 0. The highest BCUT2D eigenvalue weighted by Gasteiger charge is 2.24. The highest BCUT2D eigenvalue weighted by molar-refractivity contribution is 5.83. The summed E-state index contributed by atoms with van der Waals surface area (Å²) in [4.78, 5) is 11.8. The lowest BCUT2D eigenvalue weighted by Gasteiger charge is -2.21. The van der Waals surface area contributed by atoms with Crippen molar-refractivity contribution in [2.24, 2.45) is 5.92 Å². The van der Waals surface area contributed by atoms with Crippen LogP contribution in [0.3, 0.4) is 0 Å². The quantitative estimate of drug-likeness (QED) is 0.804. The maximum absolute atomic E-state index is 11.8.